The third-order valence-corrected chi connectivity index (χ3v) is 3.62. The van der Waals surface area contributed by atoms with Crippen molar-refractivity contribution in [1.82, 2.24) is 4.98 Å². The molecule has 1 aromatic carbocycles. The molecule has 0 aliphatic heterocycles. The quantitative estimate of drug-likeness (QED) is 0.790. The Labute approximate surface area is 139 Å². The molecule has 2 N–H and O–H groups in total. The van der Waals surface area contributed by atoms with Crippen LogP contribution < -0.4 is 0 Å². The standard InChI is InChI=1S/C18H16N2O4/c1-2-11-5-3-4-6-13(11)14-9-12(10-19)18(24)17(20-14)15(21)7-8-16(22)23/h3-6,9,24H,2,7-8H2,1H3,(H,22,23). The second-order valence-corrected chi connectivity index (χ2v) is 5.19. The van der Waals surface area contributed by atoms with Gasteiger partial charge in [-0.25, -0.2) is 4.98 Å². The first-order chi connectivity index (χ1) is 11.5. The third kappa shape index (κ3) is 3.58. The zero-order chi connectivity index (χ0) is 17.7. The van der Waals surface area contributed by atoms with E-state index in [9.17, 15) is 20.0 Å². The van der Waals surface area contributed by atoms with Crippen LogP contribution in [0.3, 0.4) is 0 Å². The van der Waals surface area contributed by atoms with Crippen LogP contribution in [-0.2, 0) is 11.2 Å². The van der Waals surface area contributed by atoms with Crippen molar-refractivity contribution in [3.05, 3.63) is 47.2 Å². The lowest BCUT2D eigenvalue weighted by Gasteiger charge is -2.11. The fraction of sp³-hybridized carbons (Fsp3) is 0.222. The summed E-state index contributed by atoms with van der Waals surface area (Å²) in [6.07, 6.45) is 0.0835. The van der Waals surface area contributed by atoms with Gasteiger partial charge in [-0.1, -0.05) is 31.2 Å². The van der Waals surface area contributed by atoms with Crippen LogP contribution in [-0.4, -0.2) is 26.9 Å². The molecule has 24 heavy (non-hydrogen) atoms. The molecule has 0 atom stereocenters. The molecule has 0 amide bonds. The van der Waals surface area contributed by atoms with E-state index in [1.54, 1.807) is 0 Å². The molecular weight excluding hydrogens is 308 g/mol. The average Bonchev–Trinajstić information content (AvgIpc) is 2.59. The molecule has 0 unspecified atom stereocenters. The Morgan fingerprint density at radius 1 is 1.25 bits per heavy atom. The van der Waals surface area contributed by atoms with Crippen LogP contribution in [0.1, 0.15) is 41.4 Å². The number of aryl methyl sites for hydroxylation is 1. The van der Waals surface area contributed by atoms with Gasteiger partial charge >= 0.3 is 5.97 Å². The van der Waals surface area contributed by atoms with E-state index in [1.165, 1.54) is 6.07 Å². The first kappa shape index (κ1) is 17.2. The van der Waals surface area contributed by atoms with Crippen molar-refractivity contribution in [3.8, 4) is 23.1 Å². The molecule has 0 saturated heterocycles. The van der Waals surface area contributed by atoms with Gasteiger partial charge in [0.05, 0.1) is 17.7 Å². The number of carboxylic acid groups (broad SMARTS) is 1. The second-order valence-electron chi connectivity index (χ2n) is 5.19. The van der Waals surface area contributed by atoms with Crippen LogP contribution >= 0.6 is 0 Å². The Morgan fingerprint density at radius 3 is 2.58 bits per heavy atom. The van der Waals surface area contributed by atoms with Crippen molar-refractivity contribution in [1.29, 1.82) is 5.26 Å². The Hall–Kier alpha value is -3.20. The first-order valence-electron chi connectivity index (χ1n) is 7.45. The predicted octanol–water partition coefficient (Wildman–Crippen LogP) is 2.94. The summed E-state index contributed by atoms with van der Waals surface area (Å²) in [5, 5.41) is 28.0. The summed E-state index contributed by atoms with van der Waals surface area (Å²) < 4.78 is 0. The Kier molecular flexibility index (Phi) is 5.27. The molecule has 0 saturated carbocycles. The lowest BCUT2D eigenvalue weighted by molar-refractivity contribution is -0.136. The highest BCUT2D eigenvalue weighted by atomic mass is 16.4. The van der Waals surface area contributed by atoms with E-state index < -0.39 is 17.5 Å². The molecule has 2 aromatic rings. The summed E-state index contributed by atoms with van der Waals surface area (Å²) >= 11 is 0. The average molecular weight is 324 g/mol. The van der Waals surface area contributed by atoms with Gasteiger partial charge in [0.1, 0.15) is 11.8 Å². The normalized spacial score (nSPS) is 10.2. The Bertz CT molecular complexity index is 837. The van der Waals surface area contributed by atoms with E-state index in [0.717, 1.165) is 17.5 Å². The number of carbonyl (C=O) groups excluding carboxylic acids is 1. The maximum Gasteiger partial charge on any atom is 0.303 e. The molecule has 0 aliphatic rings. The van der Waals surface area contributed by atoms with Crippen molar-refractivity contribution in [2.45, 2.75) is 26.2 Å². The van der Waals surface area contributed by atoms with Crippen molar-refractivity contribution in [2.24, 2.45) is 0 Å². The van der Waals surface area contributed by atoms with Gasteiger partial charge in [-0.2, -0.15) is 5.26 Å². The maximum absolute atomic E-state index is 12.2. The molecule has 0 aliphatic carbocycles. The molecule has 0 radical (unpaired) electrons. The van der Waals surface area contributed by atoms with Gasteiger partial charge < -0.3 is 10.2 Å². The minimum Gasteiger partial charge on any atom is -0.504 e. The number of aliphatic carboxylic acids is 1. The molecule has 1 heterocycles. The highest BCUT2D eigenvalue weighted by Gasteiger charge is 2.20. The largest absolute Gasteiger partial charge is 0.504 e. The number of aromatic hydroxyl groups is 1. The van der Waals surface area contributed by atoms with Gasteiger partial charge in [0.25, 0.3) is 0 Å². The number of carbonyl (C=O) groups is 2. The van der Waals surface area contributed by atoms with Crippen molar-refractivity contribution < 1.29 is 19.8 Å². The molecule has 122 valence electrons. The predicted molar refractivity (Wildman–Crippen MR) is 86.6 cm³/mol. The fourth-order valence-electron chi connectivity index (χ4n) is 2.37. The zero-order valence-electron chi connectivity index (χ0n) is 13.1. The van der Waals surface area contributed by atoms with Crippen LogP contribution in [0.5, 0.6) is 5.75 Å². The number of hydrogen-bond acceptors (Lipinski definition) is 5. The number of hydrogen-bond donors (Lipinski definition) is 2. The summed E-state index contributed by atoms with van der Waals surface area (Å²) in [7, 11) is 0. The minimum atomic E-state index is -1.11. The van der Waals surface area contributed by atoms with E-state index in [2.05, 4.69) is 4.98 Å². The highest BCUT2D eigenvalue weighted by Crippen LogP contribution is 2.29. The molecule has 0 bridgehead atoms. The monoisotopic (exact) mass is 324 g/mol. The summed E-state index contributed by atoms with van der Waals surface area (Å²) in [4.78, 5) is 27.0. The van der Waals surface area contributed by atoms with Gasteiger partial charge in [-0.15, -0.1) is 0 Å². The van der Waals surface area contributed by atoms with Gasteiger partial charge in [0.15, 0.2) is 11.5 Å². The van der Waals surface area contributed by atoms with Gasteiger partial charge in [-0.05, 0) is 18.1 Å². The molecule has 6 nitrogen and oxygen atoms in total. The first-order valence-corrected chi connectivity index (χ1v) is 7.45. The summed E-state index contributed by atoms with van der Waals surface area (Å²) in [5.41, 5.74) is 1.83. The molecular formula is C18H16N2O4. The number of nitrogens with zero attached hydrogens (tertiary/aromatic N) is 2. The summed E-state index contributed by atoms with van der Waals surface area (Å²) in [6, 6.07) is 10.7. The minimum absolute atomic E-state index is 0.0652. The number of nitriles is 1. The SMILES string of the molecule is CCc1ccccc1-c1cc(C#N)c(O)c(C(=O)CCC(=O)O)n1. The molecule has 1 aromatic heterocycles. The van der Waals surface area contributed by atoms with Gasteiger partial charge in [0.2, 0.25) is 0 Å². The van der Waals surface area contributed by atoms with Crippen LogP contribution in [0.2, 0.25) is 0 Å². The third-order valence-electron chi connectivity index (χ3n) is 3.62. The highest BCUT2D eigenvalue weighted by molar-refractivity contribution is 5.99. The molecule has 6 heteroatoms. The maximum atomic E-state index is 12.2. The van der Waals surface area contributed by atoms with E-state index >= 15 is 0 Å². The van der Waals surface area contributed by atoms with Crippen LogP contribution in [0.25, 0.3) is 11.3 Å². The number of carboxylic acids is 1. The smallest absolute Gasteiger partial charge is 0.303 e. The van der Waals surface area contributed by atoms with E-state index in [1.807, 2.05) is 37.3 Å². The van der Waals surface area contributed by atoms with Crippen LogP contribution in [0, 0.1) is 11.3 Å². The number of rotatable bonds is 6. The van der Waals surface area contributed by atoms with E-state index in [4.69, 9.17) is 5.11 Å². The lowest BCUT2D eigenvalue weighted by Crippen LogP contribution is -2.08. The number of benzene rings is 1. The van der Waals surface area contributed by atoms with Crippen molar-refractivity contribution >= 4 is 11.8 Å². The lowest BCUT2D eigenvalue weighted by atomic mass is 9.99. The van der Waals surface area contributed by atoms with Crippen LogP contribution in [0.4, 0.5) is 0 Å². The van der Waals surface area contributed by atoms with Gasteiger partial charge in [-0.3, -0.25) is 9.59 Å². The zero-order valence-corrected chi connectivity index (χ0v) is 13.1. The van der Waals surface area contributed by atoms with E-state index in [-0.39, 0.29) is 24.1 Å². The van der Waals surface area contributed by atoms with E-state index in [0.29, 0.717) is 5.69 Å². The number of aromatic nitrogens is 1. The van der Waals surface area contributed by atoms with Crippen molar-refractivity contribution in [3.63, 3.8) is 0 Å². The van der Waals surface area contributed by atoms with Crippen LogP contribution in [0.15, 0.2) is 30.3 Å². The number of ketones is 1. The van der Waals surface area contributed by atoms with Crippen molar-refractivity contribution in [2.75, 3.05) is 0 Å². The molecule has 0 fully saturated rings. The number of pyridine rings is 1. The number of Topliss-reactive ketones (excluding diaryl/α,β-unsaturated/α-hetero) is 1. The summed E-state index contributed by atoms with van der Waals surface area (Å²) in [6.45, 7) is 1.98. The summed E-state index contributed by atoms with van der Waals surface area (Å²) in [5.74, 6) is -2.23. The molecule has 0 spiro atoms. The Balaban J connectivity index is 2.55. The Morgan fingerprint density at radius 2 is 1.96 bits per heavy atom. The molecule has 2 rings (SSSR count). The topological polar surface area (TPSA) is 111 Å². The fourth-order valence-corrected chi connectivity index (χ4v) is 2.37. The van der Waals surface area contributed by atoms with Gasteiger partial charge in [0, 0.05) is 12.0 Å². The second kappa shape index (κ2) is 7.38.